The van der Waals surface area contributed by atoms with Crippen LogP contribution in [0.3, 0.4) is 0 Å². The van der Waals surface area contributed by atoms with Crippen molar-refractivity contribution >= 4 is 5.91 Å². The lowest BCUT2D eigenvalue weighted by Crippen LogP contribution is -2.43. The monoisotopic (exact) mass is 364 g/mol. The summed E-state index contributed by atoms with van der Waals surface area (Å²) in [6.45, 7) is 5.59. The molecule has 3 heterocycles. The Morgan fingerprint density at radius 1 is 1.31 bits per heavy atom. The SMILES string of the molecule is COCc1nc(CCOC2CCCN(C(=O)c3c(C)noc3C)C2)no1. The maximum Gasteiger partial charge on any atom is 0.259 e. The van der Waals surface area contributed by atoms with Crippen LogP contribution in [0.25, 0.3) is 0 Å². The Bertz CT molecular complexity index is 722. The second kappa shape index (κ2) is 8.41. The summed E-state index contributed by atoms with van der Waals surface area (Å²) >= 11 is 0. The first kappa shape index (κ1) is 18.5. The Morgan fingerprint density at radius 3 is 2.88 bits per heavy atom. The molecule has 1 unspecified atom stereocenters. The summed E-state index contributed by atoms with van der Waals surface area (Å²) < 4.78 is 21.0. The zero-order valence-electron chi connectivity index (χ0n) is 15.4. The van der Waals surface area contributed by atoms with E-state index in [9.17, 15) is 4.79 Å². The average Bonchev–Trinajstić information content (AvgIpc) is 3.21. The normalized spacial score (nSPS) is 17.7. The number of hydrogen-bond acceptors (Lipinski definition) is 8. The number of methoxy groups -OCH3 is 1. The van der Waals surface area contributed by atoms with Gasteiger partial charge in [-0.3, -0.25) is 4.79 Å². The summed E-state index contributed by atoms with van der Waals surface area (Å²) in [6, 6.07) is 0. The van der Waals surface area contributed by atoms with Gasteiger partial charge < -0.3 is 23.4 Å². The van der Waals surface area contributed by atoms with Crippen LogP contribution in [0.1, 0.15) is 46.4 Å². The average molecular weight is 364 g/mol. The smallest absolute Gasteiger partial charge is 0.259 e. The van der Waals surface area contributed by atoms with E-state index in [-0.39, 0.29) is 12.0 Å². The molecule has 0 N–H and O–H groups in total. The fourth-order valence-electron chi connectivity index (χ4n) is 3.10. The second-order valence-electron chi connectivity index (χ2n) is 6.37. The van der Waals surface area contributed by atoms with Crippen LogP contribution in [0, 0.1) is 13.8 Å². The summed E-state index contributed by atoms with van der Waals surface area (Å²) in [6.07, 6.45) is 2.38. The largest absolute Gasteiger partial charge is 0.376 e. The number of amides is 1. The number of piperidine rings is 1. The van der Waals surface area contributed by atoms with Crippen LogP contribution in [-0.4, -0.2) is 59.0 Å². The summed E-state index contributed by atoms with van der Waals surface area (Å²) in [7, 11) is 1.58. The second-order valence-corrected chi connectivity index (χ2v) is 6.37. The Balaban J connectivity index is 1.49. The predicted molar refractivity (Wildman–Crippen MR) is 89.6 cm³/mol. The van der Waals surface area contributed by atoms with Crippen LogP contribution < -0.4 is 0 Å². The molecule has 0 bridgehead atoms. The van der Waals surface area contributed by atoms with Crippen LogP contribution in [-0.2, 0) is 22.5 Å². The summed E-state index contributed by atoms with van der Waals surface area (Å²) in [5.41, 5.74) is 1.18. The van der Waals surface area contributed by atoms with Gasteiger partial charge >= 0.3 is 0 Å². The molecule has 2 aromatic rings. The molecule has 0 radical (unpaired) electrons. The number of carbonyl (C=O) groups is 1. The number of aryl methyl sites for hydroxylation is 2. The first-order chi connectivity index (χ1) is 12.6. The van der Waals surface area contributed by atoms with E-state index in [0.717, 1.165) is 12.8 Å². The molecule has 1 atom stereocenters. The van der Waals surface area contributed by atoms with Gasteiger partial charge in [0.1, 0.15) is 17.9 Å². The van der Waals surface area contributed by atoms with Crippen molar-refractivity contribution in [2.24, 2.45) is 0 Å². The molecule has 1 saturated heterocycles. The molecule has 1 aliphatic heterocycles. The van der Waals surface area contributed by atoms with Gasteiger partial charge in [-0.2, -0.15) is 4.98 Å². The molecule has 0 aliphatic carbocycles. The number of likely N-dealkylation sites (tertiary alicyclic amines) is 1. The lowest BCUT2D eigenvalue weighted by atomic mass is 10.1. The zero-order chi connectivity index (χ0) is 18.5. The molecule has 1 fully saturated rings. The van der Waals surface area contributed by atoms with E-state index in [0.29, 0.717) is 61.5 Å². The molecule has 9 nitrogen and oxygen atoms in total. The van der Waals surface area contributed by atoms with Crippen LogP contribution in [0.15, 0.2) is 9.05 Å². The molecular formula is C17H24N4O5. The number of aromatic nitrogens is 3. The van der Waals surface area contributed by atoms with E-state index in [4.69, 9.17) is 18.5 Å². The van der Waals surface area contributed by atoms with Crippen LogP contribution in [0.2, 0.25) is 0 Å². The first-order valence-corrected chi connectivity index (χ1v) is 8.72. The minimum Gasteiger partial charge on any atom is -0.376 e. The van der Waals surface area contributed by atoms with E-state index in [1.807, 2.05) is 4.90 Å². The van der Waals surface area contributed by atoms with E-state index in [2.05, 4.69) is 15.3 Å². The van der Waals surface area contributed by atoms with Crippen molar-refractivity contribution in [1.82, 2.24) is 20.2 Å². The van der Waals surface area contributed by atoms with Gasteiger partial charge in [-0.15, -0.1) is 0 Å². The Kier molecular flexibility index (Phi) is 6.00. The number of ether oxygens (including phenoxy) is 2. The van der Waals surface area contributed by atoms with Crippen molar-refractivity contribution < 1.29 is 23.3 Å². The van der Waals surface area contributed by atoms with Gasteiger partial charge in [0.25, 0.3) is 11.8 Å². The highest BCUT2D eigenvalue weighted by atomic mass is 16.5. The van der Waals surface area contributed by atoms with Crippen molar-refractivity contribution in [3.63, 3.8) is 0 Å². The highest BCUT2D eigenvalue weighted by molar-refractivity contribution is 5.96. The minimum absolute atomic E-state index is 0.00137. The topological polar surface area (TPSA) is 104 Å². The van der Waals surface area contributed by atoms with Gasteiger partial charge in [-0.1, -0.05) is 10.3 Å². The lowest BCUT2D eigenvalue weighted by Gasteiger charge is -2.32. The van der Waals surface area contributed by atoms with Crippen LogP contribution in [0.5, 0.6) is 0 Å². The summed E-state index contributed by atoms with van der Waals surface area (Å²) in [4.78, 5) is 18.8. The molecule has 0 saturated carbocycles. The van der Waals surface area contributed by atoms with E-state index >= 15 is 0 Å². The minimum atomic E-state index is -0.0445. The molecule has 142 valence electrons. The lowest BCUT2D eigenvalue weighted by molar-refractivity contribution is 0.00243. The highest BCUT2D eigenvalue weighted by Gasteiger charge is 2.28. The third-order valence-corrected chi connectivity index (χ3v) is 4.37. The van der Waals surface area contributed by atoms with Gasteiger partial charge in [0.2, 0.25) is 0 Å². The zero-order valence-corrected chi connectivity index (χ0v) is 15.4. The van der Waals surface area contributed by atoms with Crippen LogP contribution in [0.4, 0.5) is 0 Å². The van der Waals surface area contributed by atoms with E-state index in [1.54, 1.807) is 21.0 Å². The predicted octanol–water partition coefficient (Wildman–Crippen LogP) is 1.68. The molecule has 26 heavy (non-hydrogen) atoms. The maximum atomic E-state index is 12.7. The van der Waals surface area contributed by atoms with Gasteiger partial charge in [0, 0.05) is 26.6 Å². The van der Waals surface area contributed by atoms with Crippen molar-refractivity contribution in [2.75, 3.05) is 26.8 Å². The van der Waals surface area contributed by atoms with E-state index in [1.165, 1.54) is 0 Å². The number of carbonyl (C=O) groups excluding carboxylic acids is 1. The van der Waals surface area contributed by atoms with E-state index < -0.39 is 0 Å². The van der Waals surface area contributed by atoms with Crippen molar-refractivity contribution in [2.45, 2.75) is 45.8 Å². The number of rotatable bonds is 7. The highest BCUT2D eigenvalue weighted by Crippen LogP contribution is 2.20. The standard InChI is InChI=1S/C17H24N4O5/c1-11-16(12(2)25-19-11)17(22)21-7-4-5-13(9-21)24-8-6-14-18-15(10-23-3)26-20-14/h13H,4-10H2,1-3H3. The molecule has 2 aromatic heterocycles. The fraction of sp³-hybridized carbons (Fsp3) is 0.647. The summed E-state index contributed by atoms with van der Waals surface area (Å²) in [5.74, 6) is 1.56. The number of hydrogen-bond donors (Lipinski definition) is 0. The first-order valence-electron chi connectivity index (χ1n) is 8.72. The Hall–Kier alpha value is -2.26. The van der Waals surface area contributed by atoms with Gasteiger partial charge in [0.05, 0.1) is 18.4 Å². The molecular weight excluding hydrogens is 340 g/mol. The van der Waals surface area contributed by atoms with Gasteiger partial charge in [-0.25, -0.2) is 0 Å². The maximum absolute atomic E-state index is 12.7. The number of nitrogens with zero attached hydrogens (tertiary/aromatic N) is 4. The molecule has 0 aromatic carbocycles. The third kappa shape index (κ3) is 4.28. The quantitative estimate of drug-likeness (QED) is 0.731. The van der Waals surface area contributed by atoms with Crippen LogP contribution >= 0.6 is 0 Å². The Morgan fingerprint density at radius 2 is 2.15 bits per heavy atom. The van der Waals surface area contributed by atoms with Crippen molar-refractivity contribution in [1.29, 1.82) is 0 Å². The molecule has 3 rings (SSSR count). The van der Waals surface area contributed by atoms with Gasteiger partial charge in [-0.05, 0) is 26.7 Å². The molecule has 9 heteroatoms. The molecule has 1 amide bonds. The Labute approximate surface area is 151 Å². The fourth-order valence-corrected chi connectivity index (χ4v) is 3.10. The van der Waals surface area contributed by atoms with Gasteiger partial charge in [0.15, 0.2) is 5.82 Å². The van der Waals surface area contributed by atoms with Crippen molar-refractivity contribution in [3.8, 4) is 0 Å². The van der Waals surface area contributed by atoms with Crippen molar-refractivity contribution in [3.05, 3.63) is 28.7 Å². The summed E-state index contributed by atoms with van der Waals surface area (Å²) in [5, 5.41) is 7.75. The molecule has 0 spiro atoms. The molecule has 1 aliphatic rings. The third-order valence-electron chi connectivity index (χ3n) is 4.37.